The number of nitrogens with zero attached hydrogens (tertiary/aromatic N) is 2. The van der Waals surface area contributed by atoms with Gasteiger partial charge in [-0.25, -0.2) is 0 Å². The second kappa shape index (κ2) is 6.20. The van der Waals surface area contributed by atoms with E-state index >= 15 is 0 Å². The average molecular weight is 260 g/mol. The number of Topliss-reactive ketones (excluding diaryl/α,β-unsaturated/α-hetero) is 1. The molecule has 0 spiro atoms. The van der Waals surface area contributed by atoms with Gasteiger partial charge < -0.3 is 4.90 Å². The fourth-order valence-electron chi connectivity index (χ4n) is 2.78. The largest absolute Gasteiger partial charge is 0.378 e. The van der Waals surface area contributed by atoms with Crippen molar-refractivity contribution in [1.82, 2.24) is 4.90 Å². The molecule has 1 aliphatic rings. The minimum absolute atomic E-state index is 0.260. The summed E-state index contributed by atoms with van der Waals surface area (Å²) in [5.74, 6) is 0.272. The van der Waals surface area contributed by atoms with E-state index < -0.39 is 0 Å². The van der Waals surface area contributed by atoms with Crippen molar-refractivity contribution in [1.29, 1.82) is 0 Å². The molecule has 0 bridgehead atoms. The number of carbonyl (C=O) groups excluding carboxylic acids is 1. The number of ketones is 1. The molecule has 1 aromatic rings. The molecule has 104 valence electrons. The van der Waals surface area contributed by atoms with Crippen LogP contribution in [0.2, 0.25) is 0 Å². The van der Waals surface area contributed by atoms with Gasteiger partial charge in [0.15, 0.2) is 0 Å². The van der Waals surface area contributed by atoms with Crippen LogP contribution < -0.4 is 4.90 Å². The molecule has 1 unspecified atom stereocenters. The van der Waals surface area contributed by atoms with Gasteiger partial charge in [0.2, 0.25) is 0 Å². The van der Waals surface area contributed by atoms with Crippen molar-refractivity contribution in [2.75, 3.05) is 32.1 Å². The second-order valence-corrected chi connectivity index (χ2v) is 5.65. The maximum atomic E-state index is 11.5. The van der Waals surface area contributed by atoms with Crippen LogP contribution in [0.5, 0.6) is 0 Å². The zero-order chi connectivity index (χ0) is 13.8. The van der Waals surface area contributed by atoms with E-state index in [-0.39, 0.29) is 11.8 Å². The standard InChI is InChI=1S/C16H24N2O/c1-13(19)12-16(18-10-4-5-11-18)14-6-8-15(9-7-14)17(2)3/h6-9,16H,4-5,10-12H2,1-3H3. The van der Waals surface area contributed by atoms with Crippen LogP contribution in [0.1, 0.15) is 37.8 Å². The number of likely N-dealkylation sites (tertiary alicyclic amines) is 1. The van der Waals surface area contributed by atoms with E-state index in [0.29, 0.717) is 6.42 Å². The predicted molar refractivity (Wildman–Crippen MR) is 79.6 cm³/mol. The summed E-state index contributed by atoms with van der Waals surface area (Å²) >= 11 is 0. The van der Waals surface area contributed by atoms with Gasteiger partial charge in [0, 0.05) is 32.2 Å². The van der Waals surface area contributed by atoms with Gasteiger partial charge >= 0.3 is 0 Å². The smallest absolute Gasteiger partial charge is 0.131 e. The molecule has 2 rings (SSSR count). The Bertz CT molecular complexity index is 419. The van der Waals surface area contributed by atoms with Crippen LogP contribution in [-0.4, -0.2) is 37.9 Å². The molecular weight excluding hydrogens is 236 g/mol. The third-order valence-corrected chi connectivity index (χ3v) is 3.86. The van der Waals surface area contributed by atoms with Gasteiger partial charge in [-0.05, 0) is 50.6 Å². The summed E-state index contributed by atoms with van der Waals surface area (Å²) in [5, 5.41) is 0. The van der Waals surface area contributed by atoms with Gasteiger partial charge in [-0.2, -0.15) is 0 Å². The van der Waals surface area contributed by atoms with E-state index in [1.54, 1.807) is 6.92 Å². The normalized spacial score (nSPS) is 17.4. The first kappa shape index (κ1) is 14.1. The van der Waals surface area contributed by atoms with Gasteiger partial charge in [-0.1, -0.05) is 12.1 Å². The van der Waals surface area contributed by atoms with Crippen LogP contribution in [0.3, 0.4) is 0 Å². The van der Waals surface area contributed by atoms with Crippen LogP contribution in [0, 0.1) is 0 Å². The molecule has 0 N–H and O–H groups in total. The summed E-state index contributed by atoms with van der Waals surface area (Å²) in [7, 11) is 4.09. The Morgan fingerprint density at radius 3 is 2.26 bits per heavy atom. The Balaban J connectivity index is 2.19. The molecule has 3 nitrogen and oxygen atoms in total. The topological polar surface area (TPSA) is 23.6 Å². The Kier molecular flexibility index (Phi) is 4.59. The molecule has 0 aromatic heterocycles. The van der Waals surface area contributed by atoms with Gasteiger partial charge in [-0.3, -0.25) is 9.69 Å². The predicted octanol–water partition coefficient (Wildman–Crippen LogP) is 2.87. The lowest BCUT2D eigenvalue weighted by Crippen LogP contribution is -2.27. The van der Waals surface area contributed by atoms with Crippen molar-refractivity contribution in [3.05, 3.63) is 29.8 Å². The molecule has 1 fully saturated rings. The van der Waals surface area contributed by atoms with Gasteiger partial charge in [-0.15, -0.1) is 0 Å². The van der Waals surface area contributed by atoms with E-state index in [0.717, 1.165) is 13.1 Å². The first-order valence-electron chi connectivity index (χ1n) is 7.08. The molecular formula is C16H24N2O. The fraction of sp³-hybridized carbons (Fsp3) is 0.562. The summed E-state index contributed by atoms with van der Waals surface area (Å²) < 4.78 is 0. The van der Waals surface area contributed by atoms with E-state index in [1.165, 1.54) is 24.1 Å². The van der Waals surface area contributed by atoms with E-state index in [2.05, 4.69) is 34.1 Å². The number of hydrogen-bond donors (Lipinski definition) is 0. The molecule has 1 aromatic carbocycles. The molecule has 3 heteroatoms. The summed E-state index contributed by atoms with van der Waals surface area (Å²) in [6.45, 7) is 3.93. The van der Waals surface area contributed by atoms with Crippen molar-refractivity contribution in [3.63, 3.8) is 0 Å². The van der Waals surface area contributed by atoms with Crippen LogP contribution in [0.25, 0.3) is 0 Å². The zero-order valence-corrected chi connectivity index (χ0v) is 12.2. The summed E-state index contributed by atoms with van der Waals surface area (Å²) in [6, 6.07) is 8.87. The highest BCUT2D eigenvalue weighted by Crippen LogP contribution is 2.29. The lowest BCUT2D eigenvalue weighted by atomic mass is 10.00. The van der Waals surface area contributed by atoms with Crippen molar-refractivity contribution >= 4 is 11.5 Å². The van der Waals surface area contributed by atoms with Crippen LogP contribution in [0.15, 0.2) is 24.3 Å². The molecule has 1 saturated heterocycles. The van der Waals surface area contributed by atoms with Crippen LogP contribution in [-0.2, 0) is 4.79 Å². The quantitative estimate of drug-likeness (QED) is 0.813. The number of hydrogen-bond acceptors (Lipinski definition) is 3. The van der Waals surface area contributed by atoms with E-state index in [9.17, 15) is 4.79 Å². The second-order valence-electron chi connectivity index (χ2n) is 5.65. The van der Waals surface area contributed by atoms with Gasteiger partial charge in [0.1, 0.15) is 5.78 Å². The lowest BCUT2D eigenvalue weighted by molar-refractivity contribution is -0.118. The Labute approximate surface area is 116 Å². The van der Waals surface area contributed by atoms with Gasteiger partial charge in [0.25, 0.3) is 0 Å². The van der Waals surface area contributed by atoms with Crippen molar-refractivity contribution in [3.8, 4) is 0 Å². The van der Waals surface area contributed by atoms with E-state index in [4.69, 9.17) is 0 Å². The number of benzene rings is 1. The summed E-state index contributed by atoms with van der Waals surface area (Å²) in [5.41, 5.74) is 2.47. The molecule has 0 radical (unpaired) electrons. The van der Waals surface area contributed by atoms with E-state index in [1.807, 2.05) is 14.1 Å². The first-order valence-corrected chi connectivity index (χ1v) is 7.08. The molecule has 1 heterocycles. The molecule has 1 atom stereocenters. The summed E-state index contributed by atoms with van der Waals surface area (Å²) in [4.78, 5) is 16.1. The first-order chi connectivity index (χ1) is 9.08. The summed E-state index contributed by atoms with van der Waals surface area (Å²) in [6.07, 6.45) is 3.13. The fourth-order valence-corrected chi connectivity index (χ4v) is 2.78. The number of anilines is 1. The van der Waals surface area contributed by atoms with Crippen molar-refractivity contribution in [2.24, 2.45) is 0 Å². The Morgan fingerprint density at radius 1 is 1.21 bits per heavy atom. The Hall–Kier alpha value is -1.35. The molecule has 19 heavy (non-hydrogen) atoms. The third-order valence-electron chi connectivity index (χ3n) is 3.86. The van der Waals surface area contributed by atoms with Crippen molar-refractivity contribution in [2.45, 2.75) is 32.2 Å². The minimum atomic E-state index is 0.260. The van der Waals surface area contributed by atoms with Gasteiger partial charge in [0.05, 0.1) is 0 Å². The highest BCUT2D eigenvalue weighted by molar-refractivity contribution is 5.76. The van der Waals surface area contributed by atoms with Crippen LogP contribution in [0.4, 0.5) is 5.69 Å². The molecule has 1 aliphatic heterocycles. The lowest BCUT2D eigenvalue weighted by Gasteiger charge is -2.27. The monoisotopic (exact) mass is 260 g/mol. The highest BCUT2D eigenvalue weighted by Gasteiger charge is 2.24. The third kappa shape index (κ3) is 3.57. The zero-order valence-electron chi connectivity index (χ0n) is 12.2. The highest BCUT2D eigenvalue weighted by atomic mass is 16.1. The van der Waals surface area contributed by atoms with Crippen LogP contribution >= 0.6 is 0 Å². The number of rotatable bonds is 5. The Morgan fingerprint density at radius 2 is 1.79 bits per heavy atom. The minimum Gasteiger partial charge on any atom is -0.378 e. The number of carbonyl (C=O) groups is 1. The maximum absolute atomic E-state index is 11.5. The molecule has 0 aliphatic carbocycles. The molecule has 0 saturated carbocycles. The SMILES string of the molecule is CC(=O)CC(c1ccc(N(C)C)cc1)N1CCCC1. The molecule has 0 amide bonds. The average Bonchev–Trinajstić information content (AvgIpc) is 2.89. The maximum Gasteiger partial charge on any atom is 0.131 e. The van der Waals surface area contributed by atoms with Crippen molar-refractivity contribution < 1.29 is 4.79 Å².